The standard InChI is InChI=1S/C31H37N3O/c1-3-28-21-30(32-27-10-6-4-7-11-27)29-20-26(16-17-31(29)34(28)23(2)35)25-14-12-24(13-15-25)22-33-18-8-5-9-19-33/h4,6-7,10-17,20,28,30,32H,3,5,8-9,18-19,21-22H2,1-2H3. The number of carbonyl (C=O) groups excluding carboxylic acids is 1. The van der Waals surface area contributed by atoms with Crippen molar-refractivity contribution in [3.05, 3.63) is 83.9 Å². The number of carbonyl (C=O) groups is 1. The topological polar surface area (TPSA) is 35.6 Å². The third-order valence-corrected chi connectivity index (χ3v) is 7.60. The van der Waals surface area contributed by atoms with Gasteiger partial charge < -0.3 is 10.2 Å². The molecule has 0 saturated carbocycles. The molecule has 2 aliphatic heterocycles. The van der Waals surface area contributed by atoms with Crippen LogP contribution in [0.1, 0.15) is 63.1 Å². The molecule has 1 saturated heterocycles. The molecule has 2 atom stereocenters. The molecule has 182 valence electrons. The summed E-state index contributed by atoms with van der Waals surface area (Å²) in [7, 11) is 0. The third kappa shape index (κ3) is 5.28. The fraction of sp³-hybridized carbons (Fsp3) is 0.387. The van der Waals surface area contributed by atoms with Gasteiger partial charge in [0.25, 0.3) is 0 Å². The van der Waals surface area contributed by atoms with Gasteiger partial charge in [-0.05, 0) is 85.3 Å². The molecule has 0 aromatic heterocycles. The van der Waals surface area contributed by atoms with Crippen LogP contribution < -0.4 is 10.2 Å². The molecule has 1 amide bonds. The molecule has 4 heteroatoms. The van der Waals surface area contributed by atoms with Crippen molar-refractivity contribution in [1.82, 2.24) is 4.90 Å². The van der Waals surface area contributed by atoms with Crippen molar-refractivity contribution in [2.45, 2.75) is 64.6 Å². The highest BCUT2D eigenvalue weighted by Crippen LogP contribution is 2.42. The molecule has 2 heterocycles. The van der Waals surface area contributed by atoms with Crippen molar-refractivity contribution in [3.63, 3.8) is 0 Å². The summed E-state index contributed by atoms with van der Waals surface area (Å²) in [5, 5.41) is 3.75. The summed E-state index contributed by atoms with van der Waals surface area (Å²) in [6.45, 7) is 7.33. The normalized spacial score (nSPS) is 20.3. The molecular weight excluding hydrogens is 430 g/mol. The van der Waals surface area contributed by atoms with Gasteiger partial charge in [-0.15, -0.1) is 0 Å². The Morgan fingerprint density at radius 1 is 0.914 bits per heavy atom. The van der Waals surface area contributed by atoms with E-state index in [0.29, 0.717) is 0 Å². The maximum Gasteiger partial charge on any atom is 0.224 e. The average molecular weight is 468 g/mol. The molecule has 0 radical (unpaired) electrons. The zero-order chi connectivity index (χ0) is 24.2. The van der Waals surface area contributed by atoms with Gasteiger partial charge in [0, 0.05) is 30.9 Å². The predicted molar refractivity (Wildman–Crippen MR) is 146 cm³/mol. The highest BCUT2D eigenvalue weighted by molar-refractivity contribution is 5.94. The van der Waals surface area contributed by atoms with Gasteiger partial charge in [0.05, 0.1) is 6.04 Å². The van der Waals surface area contributed by atoms with Crippen LogP contribution in [0.3, 0.4) is 0 Å². The summed E-state index contributed by atoms with van der Waals surface area (Å²) < 4.78 is 0. The summed E-state index contributed by atoms with van der Waals surface area (Å²) in [6.07, 6.45) is 5.85. The fourth-order valence-corrected chi connectivity index (χ4v) is 5.76. The minimum absolute atomic E-state index is 0.117. The van der Waals surface area contributed by atoms with Crippen molar-refractivity contribution in [2.75, 3.05) is 23.3 Å². The zero-order valence-corrected chi connectivity index (χ0v) is 21.0. The first-order valence-electron chi connectivity index (χ1n) is 13.2. The second-order valence-corrected chi connectivity index (χ2v) is 10.1. The number of hydrogen-bond acceptors (Lipinski definition) is 3. The Kier molecular flexibility index (Phi) is 7.19. The van der Waals surface area contributed by atoms with Crippen LogP contribution in [0.5, 0.6) is 0 Å². The van der Waals surface area contributed by atoms with Crippen molar-refractivity contribution in [3.8, 4) is 11.1 Å². The summed E-state index contributed by atoms with van der Waals surface area (Å²) in [6, 6.07) is 26.4. The maximum absolute atomic E-state index is 12.7. The van der Waals surface area contributed by atoms with Gasteiger partial charge in [-0.25, -0.2) is 0 Å². The Bertz CT molecular complexity index is 1140. The minimum Gasteiger partial charge on any atom is -0.378 e. The van der Waals surface area contributed by atoms with Crippen LogP contribution in [-0.2, 0) is 11.3 Å². The van der Waals surface area contributed by atoms with E-state index < -0.39 is 0 Å². The molecule has 0 bridgehead atoms. The third-order valence-electron chi connectivity index (χ3n) is 7.60. The Morgan fingerprint density at radius 2 is 1.63 bits per heavy atom. The van der Waals surface area contributed by atoms with Crippen LogP contribution in [0.4, 0.5) is 11.4 Å². The molecule has 1 N–H and O–H groups in total. The highest BCUT2D eigenvalue weighted by atomic mass is 16.2. The number of piperidine rings is 1. The number of fused-ring (bicyclic) bond motifs is 1. The van der Waals surface area contributed by atoms with E-state index >= 15 is 0 Å². The monoisotopic (exact) mass is 467 g/mol. The number of likely N-dealkylation sites (tertiary alicyclic amines) is 1. The van der Waals surface area contributed by atoms with Crippen LogP contribution in [0.2, 0.25) is 0 Å². The Hall–Kier alpha value is -3.11. The molecule has 3 aromatic rings. The van der Waals surface area contributed by atoms with Gasteiger partial charge in [-0.3, -0.25) is 9.69 Å². The van der Waals surface area contributed by atoms with E-state index in [4.69, 9.17) is 0 Å². The fourth-order valence-electron chi connectivity index (χ4n) is 5.76. The van der Waals surface area contributed by atoms with Crippen LogP contribution in [-0.4, -0.2) is 29.9 Å². The van der Waals surface area contributed by atoms with Crippen LogP contribution in [0.25, 0.3) is 11.1 Å². The second kappa shape index (κ2) is 10.7. The lowest BCUT2D eigenvalue weighted by molar-refractivity contribution is -0.117. The lowest BCUT2D eigenvalue weighted by Gasteiger charge is -2.41. The van der Waals surface area contributed by atoms with Crippen LogP contribution in [0, 0.1) is 0 Å². The van der Waals surface area contributed by atoms with Crippen molar-refractivity contribution < 1.29 is 4.79 Å². The number of para-hydroxylation sites is 1. The molecule has 3 aromatic carbocycles. The van der Waals surface area contributed by atoms with Gasteiger partial charge in [0.2, 0.25) is 5.91 Å². The van der Waals surface area contributed by atoms with Gasteiger partial charge >= 0.3 is 0 Å². The first kappa shape index (κ1) is 23.6. The first-order valence-corrected chi connectivity index (χ1v) is 13.2. The van der Waals surface area contributed by atoms with Gasteiger partial charge in [0.15, 0.2) is 0 Å². The molecule has 5 rings (SSSR count). The number of rotatable bonds is 6. The number of nitrogens with one attached hydrogen (secondary N) is 1. The largest absolute Gasteiger partial charge is 0.378 e. The summed E-state index contributed by atoms with van der Waals surface area (Å²) in [4.78, 5) is 17.2. The van der Waals surface area contributed by atoms with E-state index in [0.717, 1.165) is 30.8 Å². The number of anilines is 2. The quantitative estimate of drug-likeness (QED) is 0.423. The minimum atomic E-state index is 0.117. The number of benzene rings is 3. The predicted octanol–water partition coefficient (Wildman–Crippen LogP) is 7.03. The molecule has 4 nitrogen and oxygen atoms in total. The molecule has 2 aliphatic rings. The molecule has 2 unspecified atom stereocenters. The maximum atomic E-state index is 12.7. The van der Waals surface area contributed by atoms with E-state index in [-0.39, 0.29) is 18.0 Å². The number of nitrogens with zero attached hydrogens (tertiary/aromatic N) is 2. The van der Waals surface area contributed by atoms with E-state index in [9.17, 15) is 4.79 Å². The zero-order valence-electron chi connectivity index (χ0n) is 21.0. The van der Waals surface area contributed by atoms with Crippen LogP contribution in [0.15, 0.2) is 72.8 Å². The number of hydrogen-bond donors (Lipinski definition) is 1. The molecule has 0 spiro atoms. The Morgan fingerprint density at radius 3 is 2.31 bits per heavy atom. The number of amides is 1. The average Bonchev–Trinajstić information content (AvgIpc) is 2.89. The van der Waals surface area contributed by atoms with E-state index in [1.54, 1.807) is 6.92 Å². The van der Waals surface area contributed by atoms with E-state index in [1.807, 2.05) is 11.0 Å². The smallest absolute Gasteiger partial charge is 0.224 e. The lowest BCUT2D eigenvalue weighted by Crippen LogP contribution is -2.44. The van der Waals surface area contributed by atoms with E-state index in [2.05, 4.69) is 83.9 Å². The summed E-state index contributed by atoms with van der Waals surface area (Å²) in [5.41, 5.74) is 7.15. The highest BCUT2D eigenvalue weighted by Gasteiger charge is 2.34. The molecular formula is C31H37N3O. The summed E-state index contributed by atoms with van der Waals surface area (Å²) in [5.74, 6) is 0.117. The second-order valence-electron chi connectivity index (χ2n) is 10.1. The SMILES string of the molecule is CCC1CC(Nc2ccccc2)c2cc(-c3ccc(CN4CCCCC4)cc3)ccc2N1C(C)=O. The molecule has 0 aliphatic carbocycles. The van der Waals surface area contributed by atoms with Gasteiger partial charge in [-0.2, -0.15) is 0 Å². The van der Waals surface area contributed by atoms with Crippen molar-refractivity contribution >= 4 is 17.3 Å². The molecule has 1 fully saturated rings. The first-order chi connectivity index (χ1) is 17.1. The Labute approximate surface area is 210 Å². The Balaban J connectivity index is 1.44. The van der Waals surface area contributed by atoms with Crippen LogP contribution >= 0.6 is 0 Å². The summed E-state index contributed by atoms with van der Waals surface area (Å²) >= 11 is 0. The van der Waals surface area contributed by atoms with Gasteiger partial charge in [-0.1, -0.05) is 61.9 Å². The van der Waals surface area contributed by atoms with Crippen molar-refractivity contribution in [1.29, 1.82) is 0 Å². The van der Waals surface area contributed by atoms with Gasteiger partial charge in [0.1, 0.15) is 0 Å². The van der Waals surface area contributed by atoms with E-state index in [1.165, 1.54) is 54.6 Å². The van der Waals surface area contributed by atoms with Crippen molar-refractivity contribution in [2.24, 2.45) is 0 Å². The molecule has 35 heavy (non-hydrogen) atoms. The lowest BCUT2D eigenvalue weighted by atomic mass is 9.87.